The van der Waals surface area contributed by atoms with E-state index in [2.05, 4.69) is 4.98 Å². The number of nitrogens with two attached hydrogens (primary N) is 1. The van der Waals surface area contributed by atoms with Crippen LogP contribution in [0.25, 0.3) is 0 Å². The number of hydrogen-bond acceptors (Lipinski definition) is 4. The van der Waals surface area contributed by atoms with E-state index in [-0.39, 0.29) is 0 Å². The number of aromatic nitrogens is 1. The van der Waals surface area contributed by atoms with Gasteiger partial charge in [0.25, 0.3) is 0 Å². The molecule has 0 bridgehead atoms. The van der Waals surface area contributed by atoms with Crippen molar-refractivity contribution in [3.63, 3.8) is 0 Å². The van der Waals surface area contributed by atoms with Gasteiger partial charge in [-0.15, -0.1) is 11.6 Å². The molecule has 1 rings (SSSR count). The molecule has 0 aliphatic heterocycles. The molecule has 0 aliphatic rings. The Labute approximate surface area is 93.7 Å². The van der Waals surface area contributed by atoms with E-state index in [1.54, 1.807) is 13.0 Å². The number of anilines is 1. The van der Waals surface area contributed by atoms with Gasteiger partial charge in [0.1, 0.15) is 6.10 Å². The molecule has 0 aliphatic carbocycles. The SMILES string of the molecule is Cc1ncc(N)cc1C(O)C(O)CCCl. The molecule has 0 saturated heterocycles. The minimum absolute atomic E-state index is 0.299. The van der Waals surface area contributed by atoms with Crippen molar-refractivity contribution < 1.29 is 10.2 Å². The Morgan fingerprint density at radius 2 is 2.20 bits per heavy atom. The van der Waals surface area contributed by atoms with E-state index in [1.165, 1.54) is 6.20 Å². The molecule has 1 heterocycles. The van der Waals surface area contributed by atoms with Gasteiger partial charge in [0.15, 0.2) is 0 Å². The predicted molar refractivity (Wildman–Crippen MR) is 59.7 cm³/mol. The topological polar surface area (TPSA) is 79.4 Å². The number of hydrogen-bond donors (Lipinski definition) is 3. The Bertz CT molecular complexity index is 333. The van der Waals surface area contributed by atoms with E-state index in [9.17, 15) is 10.2 Å². The highest BCUT2D eigenvalue weighted by Crippen LogP contribution is 2.23. The monoisotopic (exact) mass is 230 g/mol. The molecule has 5 heteroatoms. The fourth-order valence-corrected chi connectivity index (χ4v) is 1.57. The molecule has 0 aromatic carbocycles. The number of halogens is 1. The molecule has 4 nitrogen and oxygen atoms in total. The van der Waals surface area contributed by atoms with Gasteiger partial charge in [0.2, 0.25) is 0 Å². The highest BCUT2D eigenvalue weighted by atomic mass is 35.5. The Kier molecular flexibility index (Phi) is 4.32. The van der Waals surface area contributed by atoms with Gasteiger partial charge in [-0.1, -0.05) is 0 Å². The van der Waals surface area contributed by atoms with Crippen molar-refractivity contribution in [1.29, 1.82) is 0 Å². The summed E-state index contributed by atoms with van der Waals surface area (Å²) in [5, 5.41) is 19.4. The van der Waals surface area contributed by atoms with Crippen LogP contribution >= 0.6 is 11.6 Å². The lowest BCUT2D eigenvalue weighted by molar-refractivity contribution is 0.0164. The lowest BCUT2D eigenvalue weighted by Crippen LogP contribution is -2.20. The minimum Gasteiger partial charge on any atom is -0.397 e. The van der Waals surface area contributed by atoms with Crippen molar-refractivity contribution >= 4 is 17.3 Å². The van der Waals surface area contributed by atoms with Crippen LogP contribution in [-0.4, -0.2) is 27.2 Å². The number of aryl methyl sites for hydroxylation is 1. The molecule has 0 saturated carbocycles. The molecule has 1 aromatic heterocycles. The number of nitrogen functional groups attached to an aromatic ring is 1. The van der Waals surface area contributed by atoms with Crippen LogP contribution < -0.4 is 5.73 Å². The van der Waals surface area contributed by atoms with Crippen LogP contribution in [0.4, 0.5) is 5.69 Å². The molecular formula is C10H15ClN2O2. The second-order valence-corrected chi connectivity index (χ2v) is 3.81. The highest BCUT2D eigenvalue weighted by Gasteiger charge is 2.20. The van der Waals surface area contributed by atoms with Crippen molar-refractivity contribution in [2.45, 2.75) is 25.6 Å². The maximum absolute atomic E-state index is 9.82. The normalized spacial score (nSPS) is 14.9. The van der Waals surface area contributed by atoms with E-state index in [0.29, 0.717) is 29.2 Å². The fraction of sp³-hybridized carbons (Fsp3) is 0.500. The smallest absolute Gasteiger partial charge is 0.107 e. The molecule has 4 N–H and O–H groups in total. The Morgan fingerprint density at radius 3 is 2.80 bits per heavy atom. The Balaban J connectivity index is 2.89. The minimum atomic E-state index is -0.986. The first kappa shape index (κ1) is 12.2. The first-order valence-corrected chi connectivity index (χ1v) is 5.23. The summed E-state index contributed by atoms with van der Waals surface area (Å²) < 4.78 is 0. The lowest BCUT2D eigenvalue weighted by atomic mass is 10.0. The van der Waals surface area contributed by atoms with E-state index in [4.69, 9.17) is 17.3 Å². The van der Waals surface area contributed by atoms with Crippen LogP contribution in [0, 0.1) is 6.92 Å². The summed E-state index contributed by atoms with van der Waals surface area (Å²) in [6, 6.07) is 1.62. The first-order valence-electron chi connectivity index (χ1n) is 4.70. The van der Waals surface area contributed by atoms with Crippen molar-refractivity contribution in [2.75, 3.05) is 11.6 Å². The van der Waals surface area contributed by atoms with Gasteiger partial charge >= 0.3 is 0 Å². The summed E-state index contributed by atoms with van der Waals surface area (Å²) in [5.74, 6) is 0.299. The standard InChI is InChI=1S/C10H15ClN2O2/c1-6-8(4-7(12)5-13-6)10(15)9(14)2-3-11/h4-5,9-10,14-15H,2-3,12H2,1H3. The van der Waals surface area contributed by atoms with Crippen molar-refractivity contribution in [1.82, 2.24) is 4.98 Å². The summed E-state index contributed by atoms with van der Waals surface area (Å²) in [5.41, 5.74) is 7.23. The maximum atomic E-state index is 9.82. The van der Waals surface area contributed by atoms with E-state index < -0.39 is 12.2 Å². The Hall–Kier alpha value is -0.840. The summed E-state index contributed by atoms with van der Waals surface area (Å²) in [7, 11) is 0. The van der Waals surface area contributed by atoms with Crippen LogP contribution in [0.2, 0.25) is 0 Å². The van der Waals surface area contributed by atoms with Crippen LogP contribution in [0.3, 0.4) is 0 Å². The summed E-state index contributed by atoms with van der Waals surface area (Å²) in [4.78, 5) is 4.01. The van der Waals surface area contributed by atoms with E-state index in [1.807, 2.05) is 0 Å². The zero-order valence-electron chi connectivity index (χ0n) is 8.52. The van der Waals surface area contributed by atoms with Gasteiger partial charge in [-0.25, -0.2) is 0 Å². The van der Waals surface area contributed by atoms with Crippen molar-refractivity contribution in [3.8, 4) is 0 Å². The maximum Gasteiger partial charge on any atom is 0.107 e. The van der Waals surface area contributed by atoms with E-state index >= 15 is 0 Å². The third-order valence-electron chi connectivity index (χ3n) is 2.24. The first-order chi connectivity index (χ1) is 7.06. The quantitative estimate of drug-likeness (QED) is 0.674. The van der Waals surface area contributed by atoms with Crippen LogP contribution in [0.1, 0.15) is 23.8 Å². The third-order valence-corrected chi connectivity index (χ3v) is 2.45. The molecule has 2 atom stereocenters. The number of pyridine rings is 1. The molecule has 0 spiro atoms. The molecule has 0 fully saturated rings. The molecule has 2 unspecified atom stereocenters. The van der Waals surface area contributed by atoms with Crippen LogP contribution in [0.5, 0.6) is 0 Å². The average Bonchev–Trinajstić information content (AvgIpc) is 2.21. The molecule has 0 radical (unpaired) electrons. The van der Waals surface area contributed by atoms with Crippen LogP contribution in [0.15, 0.2) is 12.3 Å². The van der Waals surface area contributed by atoms with Crippen LogP contribution in [-0.2, 0) is 0 Å². The molecule has 0 amide bonds. The average molecular weight is 231 g/mol. The molecule has 1 aromatic rings. The second kappa shape index (κ2) is 5.30. The molecular weight excluding hydrogens is 216 g/mol. The largest absolute Gasteiger partial charge is 0.397 e. The predicted octanol–water partition coefficient (Wildman–Crippen LogP) is 0.995. The van der Waals surface area contributed by atoms with Gasteiger partial charge in [-0.3, -0.25) is 4.98 Å². The van der Waals surface area contributed by atoms with Gasteiger partial charge in [-0.05, 0) is 19.4 Å². The van der Waals surface area contributed by atoms with Gasteiger partial charge < -0.3 is 15.9 Å². The van der Waals surface area contributed by atoms with Crippen molar-refractivity contribution in [3.05, 3.63) is 23.5 Å². The van der Waals surface area contributed by atoms with E-state index in [0.717, 1.165) is 0 Å². The number of aliphatic hydroxyl groups excluding tert-OH is 2. The number of aliphatic hydroxyl groups is 2. The van der Waals surface area contributed by atoms with Gasteiger partial charge in [0.05, 0.1) is 18.0 Å². The number of rotatable bonds is 4. The van der Waals surface area contributed by atoms with Crippen molar-refractivity contribution in [2.24, 2.45) is 0 Å². The zero-order chi connectivity index (χ0) is 11.4. The lowest BCUT2D eigenvalue weighted by Gasteiger charge is -2.18. The molecule has 84 valence electrons. The number of nitrogens with zero attached hydrogens (tertiary/aromatic N) is 1. The summed E-state index contributed by atoms with van der Waals surface area (Å²) in [6.07, 6.45) is -0.0271. The number of alkyl halides is 1. The third kappa shape index (κ3) is 3.06. The Morgan fingerprint density at radius 1 is 1.53 bits per heavy atom. The summed E-state index contributed by atoms with van der Waals surface area (Å²) in [6.45, 7) is 1.76. The van der Waals surface area contributed by atoms with Gasteiger partial charge in [0, 0.05) is 17.1 Å². The zero-order valence-corrected chi connectivity index (χ0v) is 9.28. The molecule has 15 heavy (non-hydrogen) atoms. The second-order valence-electron chi connectivity index (χ2n) is 3.43. The summed E-state index contributed by atoms with van der Waals surface area (Å²) >= 11 is 5.49. The fourth-order valence-electron chi connectivity index (χ4n) is 1.34. The van der Waals surface area contributed by atoms with Gasteiger partial charge in [-0.2, -0.15) is 0 Å². The highest BCUT2D eigenvalue weighted by molar-refractivity contribution is 6.17.